The summed E-state index contributed by atoms with van der Waals surface area (Å²) in [5.74, 6) is 0. The molecule has 1 N–H and O–H groups in total. The van der Waals surface area contributed by atoms with Crippen molar-refractivity contribution >= 4 is 11.0 Å². The lowest BCUT2D eigenvalue weighted by Crippen LogP contribution is -2.04. The number of nitrogens with zero attached hydrogens (tertiary/aromatic N) is 5. The molecule has 0 aliphatic rings. The van der Waals surface area contributed by atoms with E-state index in [-0.39, 0.29) is 0 Å². The SMILES string of the molecule is CNCc1cn(Cc2cn(C)nn2)c2ncccc12. The van der Waals surface area contributed by atoms with Gasteiger partial charge in [-0.1, -0.05) is 5.21 Å². The second-order valence-corrected chi connectivity index (χ2v) is 4.57. The minimum atomic E-state index is 0.686. The van der Waals surface area contributed by atoms with Gasteiger partial charge in [0, 0.05) is 37.6 Å². The molecular formula is C13H16N6. The minimum Gasteiger partial charge on any atom is -0.326 e. The maximum Gasteiger partial charge on any atom is 0.140 e. The predicted molar refractivity (Wildman–Crippen MR) is 72.6 cm³/mol. The van der Waals surface area contributed by atoms with E-state index in [9.17, 15) is 0 Å². The van der Waals surface area contributed by atoms with E-state index >= 15 is 0 Å². The third-order valence-corrected chi connectivity index (χ3v) is 3.07. The number of fused-ring (bicyclic) bond motifs is 1. The maximum absolute atomic E-state index is 4.47. The molecule has 0 bridgehead atoms. The molecule has 0 aliphatic heterocycles. The number of nitrogens with one attached hydrogen (secondary N) is 1. The molecule has 3 aromatic heterocycles. The van der Waals surface area contributed by atoms with Crippen LogP contribution in [0.2, 0.25) is 0 Å². The Morgan fingerprint density at radius 3 is 2.95 bits per heavy atom. The van der Waals surface area contributed by atoms with Gasteiger partial charge >= 0.3 is 0 Å². The molecule has 3 aromatic rings. The number of aromatic nitrogens is 5. The molecule has 0 aromatic carbocycles. The zero-order valence-corrected chi connectivity index (χ0v) is 11.0. The van der Waals surface area contributed by atoms with Crippen LogP contribution >= 0.6 is 0 Å². The third-order valence-electron chi connectivity index (χ3n) is 3.07. The fraction of sp³-hybridized carbons (Fsp3) is 0.308. The Morgan fingerprint density at radius 1 is 1.32 bits per heavy atom. The lowest BCUT2D eigenvalue weighted by Gasteiger charge is -2.00. The summed E-state index contributed by atoms with van der Waals surface area (Å²) >= 11 is 0. The first-order valence-electron chi connectivity index (χ1n) is 6.20. The molecule has 0 amide bonds. The molecule has 0 fully saturated rings. The van der Waals surface area contributed by atoms with Gasteiger partial charge in [0.1, 0.15) is 11.3 Å². The number of rotatable bonds is 4. The van der Waals surface area contributed by atoms with Gasteiger partial charge in [0.05, 0.1) is 6.54 Å². The van der Waals surface area contributed by atoms with Crippen LogP contribution in [0.5, 0.6) is 0 Å². The number of pyridine rings is 1. The van der Waals surface area contributed by atoms with Crippen molar-refractivity contribution in [2.45, 2.75) is 13.1 Å². The topological polar surface area (TPSA) is 60.6 Å². The van der Waals surface area contributed by atoms with Crippen LogP contribution in [0.25, 0.3) is 11.0 Å². The van der Waals surface area contributed by atoms with Gasteiger partial charge in [-0.3, -0.25) is 4.68 Å². The highest BCUT2D eigenvalue weighted by atomic mass is 15.4. The van der Waals surface area contributed by atoms with Crippen molar-refractivity contribution in [1.29, 1.82) is 0 Å². The summed E-state index contributed by atoms with van der Waals surface area (Å²) < 4.78 is 3.83. The Balaban J connectivity index is 2.03. The monoisotopic (exact) mass is 256 g/mol. The average Bonchev–Trinajstić information content (AvgIpc) is 2.97. The van der Waals surface area contributed by atoms with E-state index in [0.717, 1.165) is 17.9 Å². The first-order chi connectivity index (χ1) is 9.28. The van der Waals surface area contributed by atoms with E-state index in [4.69, 9.17) is 0 Å². The van der Waals surface area contributed by atoms with Gasteiger partial charge in [-0.15, -0.1) is 5.10 Å². The average molecular weight is 256 g/mol. The lowest BCUT2D eigenvalue weighted by atomic mass is 10.2. The first kappa shape index (κ1) is 11.9. The molecule has 0 saturated carbocycles. The van der Waals surface area contributed by atoms with Gasteiger partial charge in [-0.2, -0.15) is 0 Å². The second kappa shape index (κ2) is 4.81. The van der Waals surface area contributed by atoms with Gasteiger partial charge in [-0.25, -0.2) is 4.98 Å². The number of hydrogen-bond donors (Lipinski definition) is 1. The highest BCUT2D eigenvalue weighted by Crippen LogP contribution is 2.19. The van der Waals surface area contributed by atoms with Crippen LogP contribution in [-0.4, -0.2) is 31.6 Å². The molecule has 0 unspecified atom stereocenters. The van der Waals surface area contributed by atoms with Crippen LogP contribution in [-0.2, 0) is 20.1 Å². The van der Waals surface area contributed by atoms with Crippen molar-refractivity contribution in [3.63, 3.8) is 0 Å². The van der Waals surface area contributed by atoms with Crippen molar-refractivity contribution < 1.29 is 0 Å². The molecule has 0 spiro atoms. The summed E-state index contributed by atoms with van der Waals surface area (Å²) in [6, 6.07) is 4.07. The molecule has 3 rings (SSSR count). The van der Waals surface area contributed by atoms with Crippen molar-refractivity contribution in [3.05, 3.63) is 42.0 Å². The van der Waals surface area contributed by atoms with Gasteiger partial charge in [-0.05, 0) is 24.7 Å². The van der Waals surface area contributed by atoms with Crippen LogP contribution in [0.4, 0.5) is 0 Å². The zero-order chi connectivity index (χ0) is 13.2. The molecule has 0 aliphatic carbocycles. The Labute approximate surface area is 111 Å². The summed E-state index contributed by atoms with van der Waals surface area (Å²) in [5, 5.41) is 12.4. The van der Waals surface area contributed by atoms with Crippen LogP contribution < -0.4 is 5.32 Å². The Hall–Kier alpha value is -2.21. The zero-order valence-electron chi connectivity index (χ0n) is 11.0. The van der Waals surface area contributed by atoms with Gasteiger partial charge in [0.15, 0.2) is 0 Å². The fourth-order valence-corrected chi connectivity index (χ4v) is 2.29. The van der Waals surface area contributed by atoms with E-state index in [2.05, 4.69) is 37.4 Å². The Kier molecular flexibility index (Phi) is 3.00. The summed E-state index contributed by atoms with van der Waals surface area (Å²) in [5.41, 5.74) is 3.16. The maximum atomic E-state index is 4.47. The van der Waals surface area contributed by atoms with Crippen molar-refractivity contribution in [2.75, 3.05) is 7.05 Å². The molecule has 0 atom stereocenters. The predicted octanol–water partition coefficient (Wildman–Crippen LogP) is 0.932. The second-order valence-electron chi connectivity index (χ2n) is 4.57. The van der Waals surface area contributed by atoms with E-state index in [1.807, 2.05) is 32.6 Å². The van der Waals surface area contributed by atoms with E-state index in [1.165, 1.54) is 10.9 Å². The van der Waals surface area contributed by atoms with Gasteiger partial charge in [0.2, 0.25) is 0 Å². The summed E-state index contributed by atoms with van der Waals surface area (Å²) in [6.07, 6.45) is 5.87. The molecule has 6 nitrogen and oxygen atoms in total. The number of aryl methyl sites for hydroxylation is 1. The Bertz CT molecular complexity index is 696. The largest absolute Gasteiger partial charge is 0.326 e. The quantitative estimate of drug-likeness (QED) is 0.754. The van der Waals surface area contributed by atoms with Crippen LogP contribution in [0.1, 0.15) is 11.3 Å². The van der Waals surface area contributed by atoms with Gasteiger partial charge < -0.3 is 9.88 Å². The highest BCUT2D eigenvalue weighted by Gasteiger charge is 2.10. The lowest BCUT2D eigenvalue weighted by molar-refractivity contribution is 0.710. The summed E-state index contributed by atoms with van der Waals surface area (Å²) in [6.45, 7) is 1.51. The molecule has 98 valence electrons. The molecule has 0 saturated heterocycles. The van der Waals surface area contributed by atoms with Crippen molar-refractivity contribution in [1.82, 2.24) is 29.9 Å². The molecule has 6 heteroatoms. The first-order valence-corrected chi connectivity index (χ1v) is 6.20. The van der Waals surface area contributed by atoms with Crippen molar-refractivity contribution in [2.24, 2.45) is 7.05 Å². The molecule has 3 heterocycles. The van der Waals surface area contributed by atoms with E-state index in [1.54, 1.807) is 4.68 Å². The molecule has 0 radical (unpaired) electrons. The van der Waals surface area contributed by atoms with Crippen LogP contribution in [0.3, 0.4) is 0 Å². The smallest absolute Gasteiger partial charge is 0.140 e. The third kappa shape index (κ3) is 2.22. The van der Waals surface area contributed by atoms with E-state index in [0.29, 0.717) is 6.54 Å². The minimum absolute atomic E-state index is 0.686. The highest BCUT2D eigenvalue weighted by molar-refractivity contribution is 5.80. The van der Waals surface area contributed by atoms with E-state index < -0.39 is 0 Å². The molecule has 19 heavy (non-hydrogen) atoms. The summed E-state index contributed by atoms with van der Waals surface area (Å²) in [4.78, 5) is 4.47. The van der Waals surface area contributed by atoms with Gasteiger partial charge in [0.25, 0.3) is 0 Å². The Morgan fingerprint density at radius 2 is 2.21 bits per heavy atom. The normalized spacial score (nSPS) is 11.3. The van der Waals surface area contributed by atoms with Crippen LogP contribution in [0.15, 0.2) is 30.7 Å². The standard InChI is InChI=1S/C13H16N6/c1-14-6-10-7-19(9-11-8-18(2)17-16-11)13-12(10)4-3-5-15-13/h3-5,7-8,14H,6,9H2,1-2H3. The fourth-order valence-electron chi connectivity index (χ4n) is 2.29. The van der Waals surface area contributed by atoms with Crippen molar-refractivity contribution in [3.8, 4) is 0 Å². The summed E-state index contributed by atoms with van der Waals surface area (Å²) in [7, 11) is 3.82. The van der Waals surface area contributed by atoms with Crippen LogP contribution in [0, 0.1) is 0 Å². The molecular weight excluding hydrogens is 240 g/mol. The number of hydrogen-bond acceptors (Lipinski definition) is 4.